The van der Waals surface area contributed by atoms with Gasteiger partial charge >= 0.3 is 0 Å². The molecule has 128 valence electrons. The molecular weight excluding hydrogens is 349 g/mol. The number of methoxy groups -OCH3 is 2. The van der Waals surface area contributed by atoms with E-state index in [1.807, 2.05) is 19.1 Å². The van der Waals surface area contributed by atoms with Crippen molar-refractivity contribution in [3.63, 3.8) is 0 Å². The average Bonchev–Trinajstić information content (AvgIpc) is 2.52. The molecule has 0 saturated heterocycles. The van der Waals surface area contributed by atoms with E-state index in [-0.39, 0.29) is 11.8 Å². The number of amides is 1. The van der Waals surface area contributed by atoms with Gasteiger partial charge in [0.1, 0.15) is 11.5 Å². The van der Waals surface area contributed by atoms with Gasteiger partial charge < -0.3 is 14.8 Å². The standard InChI is InChI=1S/C18H19Cl2NO3/c1-11(16-5-4-15(23-2)10-17(16)24-3)6-18(22)21-14-8-12(19)7-13(20)9-14/h4-5,7-11H,6H2,1-3H3,(H,21,22). The molecule has 0 aliphatic carbocycles. The molecule has 0 aliphatic heterocycles. The maximum absolute atomic E-state index is 12.3. The zero-order valence-corrected chi connectivity index (χ0v) is 15.2. The second-order valence-electron chi connectivity index (χ2n) is 5.42. The van der Waals surface area contributed by atoms with Gasteiger partial charge in [0.25, 0.3) is 0 Å². The van der Waals surface area contributed by atoms with E-state index in [1.165, 1.54) is 0 Å². The molecule has 0 saturated carbocycles. The Bertz CT molecular complexity index is 714. The lowest BCUT2D eigenvalue weighted by Gasteiger charge is -2.16. The number of ether oxygens (including phenoxy) is 2. The maximum atomic E-state index is 12.3. The number of hydrogen-bond acceptors (Lipinski definition) is 3. The molecule has 6 heteroatoms. The summed E-state index contributed by atoms with van der Waals surface area (Å²) in [5.41, 5.74) is 1.52. The molecule has 0 radical (unpaired) electrons. The van der Waals surface area contributed by atoms with Crippen LogP contribution in [0.1, 0.15) is 24.8 Å². The van der Waals surface area contributed by atoms with Crippen LogP contribution in [0.3, 0.4) is 0 Å². The lowest BCUT2D eigenvalue weighted by molar-refractivity contribution is -0.116. The number of hydrogen-bond donors (Lipinski definition) is 1. The van der Waals surface area contributed by atoms with Crippen LogP contribution in [0.25, 0.3) is 0 Å². The van der Waals surface area contributed by atoms with Crippen LogP contribution in [-0.2, 0) is 4.79 Å². The van der Waals surface area contributed by atoms with Crippen molar-refractivity contribution in [3.8, 4) is 11.5 Å². The molecule has 1 N–H and O–H groups in total. The quantitative estimate of drug-likeness (QED) is 0.768. The Morgan fingerprint density at radius 2 is 1.75 bits per heavy atom. The van der Waals surface area contributed by atoms with Gasteiger partial charge in [0.2, 0.25) is 5.91 Å². The van der Waals surface area contributed by atoms with Crippen LogP contribution in [0.2, 0.25) is 10.0 Å². The van der Waals surface area contributed by atoms with Gasteiger partial charge in [0.05, 0.1) is 14.2 Å². The van der Waals surface area contributed by atoms with E-state index in [0.717, 1.165) is 5.56 Å². The third-order valence-electron chi connectivity index (χ3n) is 3.61. The van der Waals surface area contributed by atoms with Gasteiger partial charge in [-0.3, -0.25) is 4.79 Å². The van der Waals surface area contributed by atoms with Crippen LogP contribution < -0.4 is 14.8 Å². The van der Waals surface area contributed by atoms with E-state index >= 15 is 0 Å². The molecule has 2 aromatic rings. The van der Waals surface area contributed by atoms with E-state index in [9.17, 15) is 4.79 Å². The van der Waals surface area contributed by atoms with Crippen molar-refractivity contribution in [2.24, 2.45) is 0 Å². The van der Waals surface area contributed by atoms with Crippen LogP contribution >= 0.6 is 23.2 Å². The highest BCUT2D eigenvalue weighted by atomic mass is 35.5. The smallest absolute Gasteiger partial charge is 0.224 e. The van der Waals surface area contributed by atoms with Crippen LogP contribution in [-0.4, -0.2) is 20.1 Å². The topological polar surface area (TPSA) is 47.6 Å². The number of rotatable bonds is 6. The fourth-order valence-electron chi connectivity index (χ4n) is 2.45. The van der Waals surface area contributed by atoms with Gasteiger partial charge in [-0.05, 0) is 35.7 Å². The Morgan fingerprint density at radius 3 is 2.33 bits per heavy atom. The molecule has 4 nitrogen and oxygen atoms in total. The van der Waals surface area contributed by atoms with E-state index in [1.54, 1.807) is 38.5 Å². The third-order valence-corrected chi connectivity index (χ3v) is 4.05. The molecule has 0 fully saturated rings. The summed E-state index contributed by atoms with van der Waals surface area (Å²) >= 11 is 11.9. The largest absolute Gasteiger partial charge is 0.497 e. The van der Waals surface area contributed by atoms with Gasteiger partial charge in [-0.15, -0.1) is 0 Å². The van der Waals surface area contributed by atoms with Crippen LogP contribution in [0.15, 0.2) is 36.4 Å². The fraction of sp³-hybridized carbons (Fsp3) is 0.278. The van der Waals surface area contributed by atoms with Crippen molar-refractivity contribution in [2.45, 2.75) is 19.3 Å². The average molecular weight is 368 g/mol. The Morgan fingerprint density at radius 1 is 1.08 bits per heavy atom. The predicted molar refractivity (Wildman–Crippen MR) is 97.7 cm³/mol. The first-order valence-electron chi connectivity index (χ1n) is 7.40. The lowest BCUT2D eigenvalue weighted by atomic mass is 9.96. The number of anilines is 1. The summed E-state index contributed by atoms with van der Waals surface area (Å²) in [6.45, 7) is 1.97. The van der Waals surface area contributed by atoms with E-state index < -0.39 is 0 Å². The molecule has 2 rings (SSSR count). The van der Waals surface area contributed by atoms with Gasteiger partial charge in [-0.25, -0.2) is 0 Å². The Hall–Kier alpha value is -1.91. The van der Waals surface area contributed by atoms with Gasteiger partial charge in [-0.1, -0.05) is 36.2 Å². The van der Waals surface area contributed by atoms with Crippen LogP contribution in [0.4, 0.5) is 5.69 Å². The number of carbonyl (C=O) groups excluding carboxylic acids is 1. The van der Waals surface area contributed by atoms with Gasteiger partial charge in [-0.2, -0.15) is 0 Å². The van der Waals surface area contributed by atoms with Crippen molar-refractivity contribution < 1.29 is 14.3 Å². The van der Waals surface area contributed by atoms with Crippen LogP contribution in [0, 0.1) is 0 Å². The minimum Gasteiger partial charge on any atom is -0.497 e. The zero-order valence-electron chi connectivity index (χ0n) is 13.7. The highest BCUT2D eigenvalue weighted by molar-refractivity contribution is 6.35. The van der Waals surface area contributed by atoms with E-state index in [2.05, 4.69) is 5.32 Å². The molecule has 0 heterocycles. The van der Waals surface area contributed by atoms with Gasteiger partial charge in [0.15, 0.2) is 0 Å². The van der Waals surface area contributed by atoms with Gasteiger partial charge in [0, 0.05) is 28.2 Å². The molecule has 0 spiro atoms. The lowest BCUT2D eigenvalue weighted by Crippen LogP contribution is -2.14. The minimum atomic E-state index is -0.126. The molecule has 0 aromatic heterocycles. The molecule has 0 aliphatic rings. The van der Waals surface area contributed by atoms with Crippen molar-refractivity contribution in [1.29, 1.82) is 0 Å². The number of nitrogens with one attached hydrogen (secondary N) is 1. The summed E-state index contributed by atoms with van der Waals surface area (Å²) in [7, 11) is 3.19. The summed E-state index contributed by atoms with van der Waals surface area (Å²) in [4.78, 5) is 12.3. The van der Waals surface area contributed by atoms with Crippen molar-refractivity contribution in [3.05, 3.63) is 52.0 Å². The zero-order chi connectivity index (χ0) is 17.7. The monoisotopic (exact) mass is 367 g/mol. The molecular formula is C18H19Cl2NO3. The molecule has 2 aromatic carbocycles. The summed E-state index contributed by atoms with van der Waals surface area (Å²) in [6.07, 6.45) is 0.298. The first kappa shape index (κ1) is 18.4. The summed E-state index contributed by atoms with van der Waals surface area (Å²) in [6, 6.07) is 10.5. The second kappa shape index (κ2) is 8.27. The molecule has 1 unspecified atom stereocenters. The predicted octanol–water partition coefficient (Wildman–Crippen LogP) is 5.14. The molecule has 1 atom stereocenters. The minimum absolute atomic E-state index is 0.0273. The first-order chi connectivity index (χ1) is 11.4. The van der Waals surface area contributed by atoms with Crippen molar-refractivity contribution >= 4 is 34.8 Å². The SMILES string of the molecule is COc1ccc(C(C)CC(=O)Nc2cc(Cl)cc(Cl)c2)c(OC)c1. The molecule has 24 heavy (non-hydrogen) atoms. The third kappa shape index (κ3) is 4.79. The van der Waals surface area contributed by atoms with E-state index in [4.69, 9.17) is 32.7 Å². The van der Waals surface area contributed by atoms with E-state index in [0.29, 0.717) is 33.7 Å². The summed E-state index contributed by atoms with van der Waals surface area (Å²) in [5, 5.41) is 3.76. The van der Waals surface area contributed by atoms with Crippen LogP contribution in [0.5, 0.6) is 11.5 Å². The Balaban J connectivity index is 2.08. The Labute approximate surface area is 151 Å². The normalized spacial score (nSPS) is 11.7. The fourth-order valence-corrected chi connectivity index (χ4v) is 2.98. The highest BCUT2D eigenvalue weighted by Crippen LogP contribution is 2.32. The van der Waals surface area contributed by atoms with Crippen molar-refractivity contribution in [2.75, 3.05) is 19.5 Å². The number of carbonyl (C=O) groups is 1. The summed E-state index contributed by atoms with van der Waals surface area (Å²) in [5.74, 6) is 1.25. The molecule has 1 amide bonds. The molecule has 0 bridgehead atoms. The Kier molecular flexibility index (Phi) is 6.35. The first-order valence-corrected chi connectivity index (χ1v) is 8.16. The summed E-state index contributed by atoms with van der Waals surface area (Å²) < 4.78 is 10.6. The number of halogens is 2. The van der Waals surface area contributed by atoms with Crippen molar-refractivity contribution in [1.82, 2.24) is 0 Å². The number of benzene rings is 2. The second-order valence-corrected chi connectivity index (χ2v) is 6.29. The maximum Gasteiger partial charge on any atom is 0.224 e. The highest BCUT2D eigenvalue weighted by Gasteiger charge is 2.16.